The van der Waals surface area contributed by atoms with E-state index in [-0.39, 0.29) is 12.0 Å². The zero-order chi connectivity index (χ0) is 13.2. The van der Waals surface area contributed by atoms with Crippen LogP contribution >= 0.6 is 0 Å². The second-order valence-corrected chi connectivity index (χ2v) is 5.10. The number of benzene rings is 2. The van der Waals surface area contributed by atoms with Crippen molar-refractivity contribution in [1.82, 2.24) is 4.90 Å². The van der Waals surface area contributed by atoms with Crippen molar-refractivity contribution in [3.05, 3.63) is 48.0 Å². The Morgan fingerprint density at radius 2 is 2.00 bits per heavy atom. The SMILES string of the molecule is O=C(Cc1cccc2ccccc12)N1CCC(O)C1. The van der Waals surface area contributed by atoms with Gasteiger partial charge in [-0.2, -0.15) is 0 Å². The summed E-state index contributed by atoms with van der Waals surface area (Å²) < 4.78 is 0. The summed E-state index contributed by atoms with van der Waals surface area (Å²) in [6.45, 7) is 1.15. The van der Waals surface area contributed by atoms with Gasteiger partial charge in [0, 0.05) is 13.1 Å². The number of β-amino-alcohol motifs (C(OH)–C–C–N with tert-alkyl or cyclic N) is 1. The molecule has 1 aliphatic heterocycles. The molecule has 98 valence electrons. The van der Waals surface area contributed by atoms with Gasteiger partial charge < -0.3 is 10.0 Å². The summed E-state index contributed by atoms with van der Waals surface area (Å²) in [7, 11) is 0. The van der Waals surface area contributed by atoms with E-state index in [1.165, 1.54) is 0 Å². The number of carbonyl (C=O) groups is 1. The maximum atomic E-state index is 12.2. The first-order chi connectivity index (χ1) is 9.24. The molecule has 0 aliphatic carbocycles. The number of nitrogens with zero attached hydrogens (tertiary/aromatic N) is 1. The molecule has 0 saturated carbocycles. The molecule has 1 unspecified atom stereocenters. The highest BCUT2D eigenvalue weighted by atomic mass is 16.3. The quantitative estimate of drug-likeness (QED) is 0.891. The Bertz CT molecular complexity index is 603. The second-order valence-electron chi connectivity index (χ2n) is 5.10. The van der Waals surface area contributed by atoms with Gasteiger partial charge in [0.05, 0.1) is 12.5 Å². The van der Waals surface area contributed by atoms with Gasteiger partial charge in [0.1, 0.15) is 0 Å². The zero-order valence-electron chi connectivity index (χ0n) is 10.7. The number of amides is 1. The predicted octanol–water partition coefficient (Wildman–Crippen LogP) is 1.98. The van der Waals surface area contributed by atoms with Gasteiger partial charge in [-0.3, -0.25) is 4.79 Å². The van der Waals surface area contributed by atoms with Crippen LogP contribution < -0.4 is 0 Å². The molecule has 1 heterocycles. The number of rotatable bonds is 2. The van der Waals surface area contributed by atoms with Crippen LogP contribution in [0.3, 0.4) is 0 Å². The van der Waals surface area contributed by atoms with E-state index in [1.807, 2.05) is 24.3 Å². The fourth-order valence-corrected chi connectivity index (χ4v) is 2.69. The Kier molecular flexibility index (Phi) is 3.22. The second kappa shape index (κ2) is 5.02. The maximum Gasteiger partial charge on any atom is 0.227 e. The number of hydrogen-bond donors (Lipinski definition) is 1. The number of fused-ring (bicyclic) bond motifs is 1. The van der Waals surface area contributed by atoms with E-state index < -0.39 is 0 Å². The third-order valence-corrected chi connectivity index (χ3v) is 3.74. The summed E-state index contributed by atoms with van der Waals surface area (Å²) in [5, 5.41) is 11.8. The van der Waals surface area contributed by atoms with Crippen molar-refractivity contribution >= 4 is 16.7 Å². The molecule has 0 aromatic heterocycles. The van der Waals surface area contributed by atoms with Gasteiger partial charge in [0.2, 0.25) is 5.91 Å². The molecule has 2 aromatic rings. The first kappa shape index (κ1) is 12.2. The Morgan fingerprint density at radius 1 is 1.21 bits per heavy atom. The van der Waals surface area contributed by atoms with Crippen LogP contribution in [0.15, 0.2) is 42.5 Å². The summed E-state index contributed by atoms with van der Waals surface area (Å²) in [6, 6.07) is 14.2. The van der Waals surface area contributed by atoms with Crippen molar-refractivity contribution in [3.63, 3.8) is 0 Å². The van der Waals surface area contributed by atoms with Crippen LogP contribution in [0.5, 0.6) is 0 Å². The van der Waals surface area contributed by atoms with E-state index in [4.69, 9.17) is 0 Å². The summed E-state index contributed by atoms with van der Waals surface area (Å²) in [5.41, 5.74) is 1.06. The Balaban J connectivity index is 1.83. The van der Waals surface area contributed by atoms with Gasteiger partial charge in [-0.05, 0) is 22.8 Å². The molecule has 1 fully saturated rings. The van der Waals surface area contributed by atoms with Crippen molar-refractivity contribution < 1.29 is 9.90 Å². The van der Waals surface area contributed by atoms with E-state index in [2.05, 4.69) is 18.2 Å². The normalized spacial score (nSPS) is 19.0. The highest BCUT2D eigenvalue weighted by Gasteiger charge is 2.24. The van der Waals surface area contributed by atoms with E-state index >= 15 is 0 Å². The highest BCUT2D eigenvalue weighted by molar-refractivity contribution is 5.90. The molecule has 1 atom stereocenters. The standard InChI is InChI=1S/C16H17NO2/c18-14-8-9-17(11-14)16(19)10-13-6-3-5-12-4-1-2-7-15(12)13/h1-7,14,18H,8-11H2. The van der Waals surface area contributed by atoms with Crippen LogP contribution in [0.4, 0.5) is 0 Å². The zero-order valence-corrected chi connectivity index (χ0v) is 10.7. The first-order valence-electron chi connectivity index (χ1n) is 6.66. The molecule has 0 bridgehead atoms. The van der Waals surface area contributed by atoms with Crippen molar-refractivity contribution in [2.24, 2.45) is 0 Å². The van der Waals surface area contributed by atoms with Crippen molar-refractivity contribution in [2.45, 2.75) is 18.9 Å². The number of hydrogen-bond acceptors (Lipinski definition) is 2. The van der Waals surface area contributed by atoms with E-state index in [1.54, 1.807) is 4.90 Å². The van der Waals surface area contributed by atoms with Gasteiger partial charge in [-0.1, -0.05) is 42.5 Å². The molecule has 0 spiro atoms. The largest absolute Gasteiger partial charge is 0.391 e. The lowest BCUT2D eigenvalue weighted by Crippen LogP contribution is -2.30. The molecule has 2 aromatic carbocycles. The fourth-order valence-electron chi connectivity index (χ4n) is 2.69. The minimum atomic E-state index is -0.350. The van der Waals surface area contributed by atoms with Gasteiger partial charge >= 0.3 is 0 Å². The molecule has 1 aliphatic rings. The van der Waals surface area contributed by atoms with Crippen LogP contribution in [-0.4, -0.2) is 35.1 Å². The molecular formula is C16H17NO2. The van der Waals surface area contributed by atoms with E-state index in [0.29, 0.717) is 25.9 Å². The van der Waals surface area contributed by atoms with Crippen molar-refractivity contribution in [1.29, 1.82) is 0 Å². The first-order valence-corrected chi connectivity index (χ1v) is 6.66. The van der Waals surface area contributed by atoms with E-state index in [0.717, 1.165) is 16.3 Å². The van der Waals surface area contributed by atoms with E-state index in [9.17, 15) is 9.90 Å². The van der Waals surface area contributed by atoms with Gasteiger partial charge in [-0.15, -0.1) is 0 Å². The molecule has 3 rings (SSSR count). The lowest BCUT2D eigenvalue weighted by Gasteiger charge is -2.16. The Labute approximate surface area is 112 Å². The molecule has 3 nitrogen and oxygen atoms in total. The Morgan fingerprint density at radius 3 is 2.79 bits per heavy atom. The average Bonchev–Trinajstić information content (AvgIpc) is 2.86. The number of aliphatic hydroxyl groups excluding tert-OH is 1. The highest BCUT2D eigenvalue weighted by Crippen LogP contribution is 2.20. The summed E-state index contributed by atoms with van der Waals surface area (Å²) in [5.74, 6) is 0.105. The van der Waals surface area contributed by atoms with Crippen LogP contribution in [0.25, 0.3) is 10.8 Å². The maximum absolute atomic E-state index is 12.2. The third kappa shape index (κ3) is 2.47. The summed E-state index contributed by atoms with van der Waals surface area (Å²) in [6.07, 6.45) is 0.756. The van der Waals surface area contributed by atoms with Gasteiger partial charge in [0.25, 0.3) is 0 Å². The van der Waals surface area contributed by atoms with Crippen molar-refractivity contribution in [2.75, 3.05) is 13.1 Å². The summed E-state index contributed by atoms with van der Waals surface area (Å²) >= 11 is 0. The lowest BCUT2D eigenvalue weighted by atomic mass is 10.0. The minimum absolute atomic E-state index is 0.105. The van der Waals surface area contributed by atoms with Gasteiger partial charge in [0.15, 0.2) is 0 Å². The van der Waals surface area contributed by atoms with Crippen LogP contribution in [0.1, 0.15) is 12.0 Å². The molecule has 1 N–H and O–H groups in total. The Hall–Kier alpha value is -1.87. The van der Waals surface area contributed by atoms with Crippen molar-refractivity contribution in [3.8, 4) is 0 Å². The predicted molar refractivity (Wildman–Crippen MR) is 74.9 cm³/mol. The molecular weight excluding hydrogens is 238 g/mol. The summed E-state index contributed by atoms with van der Waals surface area (Å²) in [4.78, 5) is 14.0. The van der Waals surface area contributed by atoms with Gasteiger partial charge in [-0.25, -0.2) is 0 Å². The van der Waals surface area contributed by atoms with Crippen LogP contribution in [-0.2, 0) is 11.2 Å². The third-order valence-electron chi connectivity index (χ3n) is 3.74. The number of likely N-dealkylation sites (tertiary alicyclic amines) is 1. The molecule has 1 amide bonds. The molecule has 0 radical (unpaired) electrons. The van der Waals surface area contributed by atoms with Crippen LogP contribution in [0.2, 0.25) is 0 Å². The van der Waals surface area contributed by atoms with Crippen LogP contribution in [0, 0.1) is 0 Å². The molecule has 1 saturated heterocycles. The lowest BCUT2D eigenvalue weighted by molar-refractivity contribution is -0.129. The number of aliphatic hydroxyl groups is 1. The average molecular weight is 255 g/mol. The molecule has 3 heteroatoms. The minimum Gasteiger partial charge on any atom is -0.391 e. The molecule has 19 heavy (non-hydrogen) atoms. The number of carbonyl (C=O) groups excluding carboxylic acids is 1. The topological polar surface area (TPSA) is 40.5 Å². The fraction of sp³-hybridized carbons (Fsp3) is 0.312. The monoisotopic (exact) mass is 255 g/mol. The smallest absolute Gasteiger partial charge is 0.227 e.